The van der Waals surface area contributed by atoms with E-state index in [4.69, 9.17) is 0 Å². The number of piperazine rings is 1. The zero-order valence-electron chi connectivity index (χ0n) is 16.9. The number of benzene rings is 1. The molecule has 0 spiro atoms. The van der Waals surface area contributed by atoms with Gasteiger partial charge in [0.25, 0.3) is 0 Å². The largest absolute Gasteiger partial charge is 0.411 e. The van der Waals surface area contributed by atoms with E-state index in [0.29, 0.717) is 6.04 Å². The summed E-state index contributed by atoms with van der Waals surface area (Å²) in [5.74, 6) is 0. The van der Waals surface area contributed by atoms with E-state index in [1.54, 1.807) is 0 Å². The third kappa shape index (κ3) is 6.62. The molecule has 0 amide bonds. The van der Waals surface area contributed by atoms with Crippen molar-refractivity contribution in [2.45, 2.75) is 76.8 Å². The summed E-state index contributed by atoms with van der Waals surface area (Å²) in [6.45, 7) is 5.40. The quantitative estimate of drug-likeness (QED) is 0.605. The first kappa shape index (κ1) is 20.3. The van der Waals surface area contributed by atoms with Crippen LogP contribution in [-0.4, -0.2) is 52.9 Å². The summed E-state index contributed by atoms with van der Waals surface area (Å²) in [6, 6.07) is 11.1. The Morgan fingerprint density at radius 1 is 0.815 bits per heavy atom. The van der Waals surface area contributed by atoms with Crippen molar-refractivity contribution in [3.63, 3.8) is 0 Å². The van der Waals surface area contributed by atoms with Crippen LogP contribution < -0.4 is 0 Å². The Morgan fingerprint density at radius 3 is 2.11 bits per heavy atom. The molecule has 1 saturated carbocycles. The van der Waals surface area contributed by atoms with E-state index in [9.17, 15) is 5.21 Å². The van der Waals surface area contributed by atoms with Crippen molar-refractivity contribution in [2.24, 2.45) is 5.16 Å². The lowest BCUT2D eigenvalue weighted by molar-refractivity contribution is 0.107. The summed E-state index contributed by atoms with van der Waals surface area (Å²) in [7, 11) is 0. The van der Waals surface area contributed by atoms with Gasteiger partial charge in [0, 0.05) is 32.7 Å². The van der Waals surface area contributed by atoms with Crippen LogP contribution in [0.3, 0.4) is 0 Å². The maximum absolute atomic E-state index is 9.69. The van der Waals surface area contributed by atoms with Crippen LogP contribution in [0, 0.1) is 0 Å². The molecule has 1 aromatic carbocycles. The second-order valence-corrected chi connectivity index (χ2v) is 8.27. The lowest BCUT2D eigenvalue weighted by Crippen LogP contribution is -2.52. The molecular weight excluding hydrogens is 334 g/mol. The van der Waals surface area contributed by atoms with Crippen molar-refractivity contribution in [1.82, 2.24) is 9.80 Å². The van der Waals surface area contributed by atoms with Gasteiger partial charge >= 0.3 is 0 Å². The van der Waals surface area contributed by atoms with Crippen molar-refractivity contribution in [2.75, 3.05) is 26.2 Å². The summed E-state index contributed by atoms with van der Waals surface area (Å²) in [5, 5.41) is 13.5. The van der Waals surface area contributed by atoms with Crippen LogP contribution >= 0.6 is 0 Å². The molecule has 3 rings (SSSR count). The molecule has 4 heteroatoms. The molecule has 1 saturated heterocycles. The molecule has 1 N–H and O–H groups in total. The Morgan fingerprint density at radius 2 is 1.44 bits per heavy atom. The van der Waals surface area contributed by atoms with Crippen molar-refractivity contribution in [1.29, 1.82) is 0 Å². The maximum Gasteiger partial charge on any atom is 0.0742 e. The normalized spacial score (nSPS) is 26.4. The van der Waals surface area contributed by atoms with Gasteiger partial charge in [-0.05, 0) is 24.8 Å². The number of rotatable bonds is 3. The van der Waals surface area contributed by atoms with Crippen LogP contribution in [0.4, 0.5) is 0 Å². The molecule has 1 heterocycles. The monoisotopic (exact) mass is 371 g/mol. The third-order valence-corrected chi connectivity index (χ3v) is 6.27. The number of hydrogen-bond donors (Lipinski definition) is 1. The molecule has 0 bridgehead atoms. The molecule has 0 radical (unpaired) electrons. The second-order valence-electron chi connectivity index (χ2n) is 8.27. The highest BCUT2D eigenvalue weighted by Crippen LogP contribution is 2.21. The van der Waals surface area contributed by atoms with E-state index in [0.717, 1.165) is 51.3 Å². The molecule has 2 fully saturated rings. The van der Waals surface area contributed by atoms with Gasteiger partial charge in [0.15, 0.2) is 0 Å². The molecule has 2 aliphatic rings. The topological polar surface area (TPSA) is 39.1 Å². The minimum atomic E-state index is 0.341. The highest BCUT2D eigenvalue weighted by atomic mass is 16.4. The number of hydrogen-bond acceptors (Lipinski definition) is 4. The van der Waals surface area contributed by atoms with Crippen LogP contribution in [0.15, 0.2) is 35.5 Å². The fourth-order valence-electron chi connectivity index (χ4n) is 4.62. The average molecular weight is 372 g/mol. The van der Waals surface area contributed by atoms with Gasteiger partial charge in [-0.25, -0.2) is 0 Å². The smallest absolute Gasteiger partial charge is 0.0742 e. The highest BCUT2D eigenvalue weighted by molar-refractivity contribution is 5.89. The van der Waals surface area contributed by atoms with E-state index in [-0.39, 0.29) is 0 Å². The predicted molar refractivity (Wildman–Crippen MR) is 112 cm³/mol. The molecule has 27 heavy (non-hydrogen) atoms. The molecule has 0 aromatic heterocycles. The fourth-order valence-corrected chi connectivity index (χ4v) is 4.62. The minimum Gasteiger partial charge on any atom is -0.411 e. The highest BCUT2D eigenvalue weighted by Gasteiger charge is 2.27. The minimum absolute atomic E-state index is 0.341. The average Bonchev–Trinajstić information content (AvgIpc) is 2.70. The van der Waals surface area contributed by atoms with E-state index < -0.39 is 0 Å². The predicted octanol–water partition coefficient (Wildman–Crippen LogP) is 4.92. The molecule has 150 valence electrons. The summed E-state index contributed by atoms with van der Waals surface area (Å²) < 4.78 is 0. The first-order valence-electron chi connectivity index (χ1n) is 11.1. The van der Waals surface area contributed by atoms with Crippen LogP contribution in [-0.2, 0) is 6.54 Å². The van der Waals surface area contributed by atoms with Gasteiger partial charge in [0.2, 0.25) is 0 Å². The Labute approximate surface area is 165 Å². The van der Waals surface area contributed by atoms with Gasteiger partial charge in [0.1, 0.15) is 0 Å². The molecular formula is C23H37N3O. The van der Waals surface area contributed by atoms with Gasteiger partial charge in [0.05, 0.1) is 11.8 Å². The second kappa shape index (κ2) is 11.5. The Balaban J connectivity index is 1.55. The lowest BCUT2D eigenvalue weighted by atomic mass is 9.95. The van der Waals surface area contributed by atoms with E-state index in [1.165, 1.54) is 56.9 Å². The Bertz CT molecular complexity index is 552. The van der Waals surface area contributed by atoms with Crippen LogP contribution in [0.5, 0.6) is 0 Å². The van der Waals surface area contributed by atoms with Gasteiger partial charge in [-0.2, -0.15) is 0 Å². The van der Waals surface area contributed by atoms with Crippen molar-refractivity contribution in [3.8, 4) is 0 Å². The van der Waals surface area contributed by atoms with Gasteiger partial charge < -0.3 is 5.21 Å². The number of nitrogens with zero attached hydrogens (tertiary/aromatic N) is 3. The van der Waals surface area contributed by atoms with Crippen molar-refractivity contribution in [3.05, 3.63) is 35.9 Å². The van der Waals surface area contributed by atoms with Crippen LogP contribution in [0.2, 0.25) is 0 Å². The van der Waals surface area contributed by atoms with Gasteiger partial charge in [-0.15, -0.1) is 0 Å². The summed E-state index contributed by atoms with van der Waals surface area (Å²) in [5.41, 5.74) is 2.43. The Hall–Kier alpha value is -1.39. The van der Waals surface area contributed by atoms with Crippen LogP contribution in [0.1, 0.15) is 69.8 Å². The summed E-state index contributed by atoms with van der Waals surface area (Å²) in [4.78, 5) is 5.14. The maximum atomic E-state index is 9.69. The molecule has 1 aliphatic carbocycles. The van der Waals surface area contributed by atoms with E-state index >= 15 is 0 Å². The van der Waals surface area contributed by atoms with Gasteiger partial charge in [-0.3, -0.25) is 9.80 Å². The summed E-state index contributed by atoms with van der Waals surface area (Å²) in [6.07, 6.45) is 12.6. The zero-order chi connectivity index (χ0) is 18.7. The third-order valence-electron chi connectivity index (χ3n) is 6.27. The lowest BCUT2D eigenvalue weighted by Gasteiger charge is -2.39. The van der Waals surface area contributed by atoms with Crippen LogP contribution in [0.25, 0.3) is 0 Å². The van der Waals surface area contributed by atoms with Gasteiger partial charge in [-0.1, -0.05) is 80.4 Å². The zero-order valence-corrected chi connectivity index (χ0v) is 16.9. The molecule has 1 atom stereocenters. The SMILES string of the molecule is ON=C1CCCCCCCCCCC1N1CCN(Cc2ccccc2)CC1. The Kier molecular flexibility index (Phi) is 8.63. The summed E-state index contributed by atoms with van der Waals surface area (Å²) >= 11 is 0. The van der Waals surface area contributed by atoms with E-state index in [2.05, 4.69) is 45.3 Å². The number of oxime groups is 1. The molecule has 1 aromatic rings. The fraction of sp³-hybridized carbons (Fsp3) is 0.696. The standard InChI is InChI=1S/C23H37N3O/c27-24-22-14-10-5-3-1-2-4-6-11-15-23(22)26-18-16-25(17-19-26)20-21-12-8-7-9-13-21/h7-9,12-13,23,27H,1-6,10-11,14-20H2. The first-order valence-corrected chi connectivity index (χ1v) is 11.1. The molecule has 1 aliphatic heterocycles. The molecule has 4 nitrogen and oxygen atoms in total. The van der Waals surface area contributed by atoms with E-state index in [1.807, 2.05) is 0 Å². The first-order chi connectivity index (χ1) is 13.4. The van der Waals surface area contributed by atoms with Crippen molar-refractivity contribution >= 4 is 5.71 Å². The van der Waals surface area contributed by atoms with Crippen molar-refractivity contribution < 1.29 is 5.21 Å². The molecule has 1 unspecified atom stereocenters.